The lowest BCUT2D eigenvalue weighted by Crippen LogP contribution is -2.30. The second-order valence-corrected chi connectivity index (χ2v) is 6.78. The molecule has 114 valence electrons. The van der Waals surface area contributed by atoms with Gasteiger partial charge in [-0.3, -0.25) is 0 Å². The van der Waals surface area contributed by atoms with E-state index >= 15 is 0 Å². The molecule has 0 aliphatic carbocycles. The van der Waals surface area contributed by atoms with Gasteiger partial charge in [-0.1, -0.05) is 26.7 Å². The van der Waals surface area contributed by atoms with Gasteiger partial charge in [-0.05, 0) is 37.0 Å². The van der Waals surface area contributed by atoms with E-state index in [1.165, 1.54) is 6.92 Å². The van der Waals surface area contributed by atoms with Gasteiger partial charge in [-0.15, -0.1) is 0 Å². The molecule has 0 radical (unpaired) electrons. The average molecular weight is 302 g/mol. The fraction of sp³-hybridized carbons (Fsp3) is 0.571. The van der Waals surface area contributed by atoms with E-state index in [4.69, 9.17) is 5.73 Å². The number of sulfonamides is 1. The Balaban J connectivity index is 3.14. The van der Waals surface area contributed by atoms with Crippen LogP contribution in [-0.2, 0) is 10.0 Å². The molecule has 6 heteroatoms. The lowest BCUT2D eigenvalue weighted by Gasteiger charge is -2.17. The molecule has 1 rings (SSSR count). The van der Waals surface area contributed by atoms with Crippen molar-refractivity contribution in [3.05, 3.63) is 23.0 Å². The van der Waals surface area contributed by atoms with Crippen LogP contribution in [0.4, 0.5) is 10.1 Å². The summed E-state index contributed by atoms with van der Waals surface area (Å²) in [7, 11) is -3.67. The first-order valence-corrected chi connectivity index (χ1v) is 8.27. The number of halogens is 1. The summed E-state index contributed by atoms with van der Waals surface area (Å²) >= 11 is 0. The second-order valence-electron chi connectivity index (χ2n) is 5.08. The number of anilines is 1. The highest BCUT2D eigenvalue weighted by molar-refractivity contribution is 7.89. The molecule has 20 heavy (non-hydrogen) atoms. The lowest BCUT2D eigenvalue weighted by atomic mass is 10.0. The number of nitrogens with two attached hydrogens (primary N) is 1. The van der Waals surface area contributed by atoms with E-state index in [0.29, 0.717) is 18.0 Å². The van der Waals surface area contributed by atoms with E-state index in [-0.39, 0.29) is 16.1 Å². The normalized spacial score (nSPS) is 12.1. The molecule has 1 aromatic rings. The van der Waals surface area contributed by atoms with Crippen LogP contribution in [0.1, 0.15) is 37.8 Å². The van der Waals surface area contributed by atoms with E-state index < -0.39 is 15.8 Å². The Labute approximate surface area is 120 Å². The largest absolute Gasteiger partial charge is 0.396 e. The Morgan fingerprint density at radius 3 is 2.35 bits per heavy atom. The number of nitrogen functional groups attached to an aromatic ring is 1. The summed E-state index contributed by atoms with van der Waals surface area (Å²) in [4.78, 5) is 0.0855. The highest BCUT2D eigenvalue weighted by Gasteiger charge is 2.23. The van der Waals surface area contributed by atoms with Crippen LogP contribution < -0.4 is 10.5 Å². The molecule has 0 heterocycles. The van der Waals surface area contributed by atoms with Gasteiger partial charge in [0, 0.05) is 6.54 Å². The maximum atomic E-state index is 13.5. The highest BCUT2D eigenvalue weighted by atomic mass is 32.2. The molecule has 0 atom stereocenters. The van der Waals surface area contributed by atoms with Crippen molar-refractivity contribution in [3.63, 3.8) is 0 Å². The fourth-order valence-electron chi connectivity index (χ4n) is 2.22. The predicted molar refractivity (Wildman–Crippen MR) is 79.5 cm³/mol. The third-order valence-corrected chi connectivity index (χ3v) is 5.40. The standard InChI is InChI=1S/C14H23FN2O2S/c1-5-11(6-2)8-17-20(18,19)14-9(3)7-12(15)13(16)10(14)4/h7,11,17H,5-6,8,16H2,1-4H3. The summed E-state index contributed by atoms with van der Waals surface area (Å²) in [5.74, 6) is -0.290. The quantitative estimate of drug-likeness (QED) is 0.794. The van der Waals surface area contributed by atoms with E-state index in [0.717, 1.165) is 18.9 Å². The maximum absolute atomic E-state index is 13.5. The fourth-order valence-corrected chi connectivity index (χ4v) is 3.82. The molecule has 0 aliphatic rings. The first-order chi connectivity index (χ1) is 9.24. The van der Waals surface area contributed by atoms with Crippen molar-refractivity contribution < 1.29 is 12.8 Å². The minimum absolute atomic E-state index is 0.0855. The van der Waals surface area contributed by atoms with E-state index in [9.17, 15) is 12.8 Å². The molecule has 0 spiro atoms. The molecule has 3 N–H and O–H groups in total. The topological polar surface area (TPSA) is 72.2 Å². The minimum Gasteiger partial charge on any atom is -0.396 e. The van der Waals surface area contributed by atoms with Gasteiger partial charge in [0.05, 0.1) is 10.6 Å². The van der Waals surface area contributed by atoms with Crippen LogP contribution in [-0.4, -0.2) is 15.0 Å². The van der Waals surface area contributed by atoms with Crippen molar-refractivity contribution in [1.29, 1.82) is 0 Å². The summed E-state index contributed by atoms with van der Waals surface area (Å²) in [5, 5.41) is 0. The molecular weight excluding hydrogens is 279 g/mol. The zero-order valence-corrected chi connectivity index (χ0v) is 13.3. The van der Waals surface area contributed by atoms with E-state index in [2.05, 4.69) is 4.72 Å². The molecule has 0 fully saturated rings. The Kier molecular flexibility index (Phi) is 5.53. The van der Waals surface area contributed by atoms with Gasteiger partial charge in [0.2, 0.25) is 10.0 Å². The zero-order valence-electron chi connectivity index (χ0n) is 12.5. The number of rotatable bonds is 6. The first kappa shape index (κ1) is 16.9. The lowest BCUT2D eigenvalue weighted by molar-refractivity contribution is 0.478. The number of aryl methyl sites for hydroxylation is 1. The van der Waals surface area contributed by atoms with Crippen molar-refractivity contribution in [2.45, 2.75) is 45.4 Å². The van der Waals surface area contributed by atoms with Crippen molar-refractivity contribution in [2.24, 2.45) is 5.92 Å². The van der Waals surface area contributed by atoms with Crippen LogP contribution in [0.5, 0.6) is 0 Å². The number of benzene rings is 1. The Bertz CT molecular complexity index is 581. The van der Waals surface area contributed by atoms with Crippen LogP contribution in [0.15, 0.2) is 11.0 Å². The number of hydrogen-bond acceptors (Lipinski definition) is 3. The van der Waals surface area contributed by atoms with Gasteiger partial charge in [-0.25, -0.2) is 17.5 Å². The molecule has 0 bridgehead atoms. The highest BCUT2D eigenvalue weighted by Crippen LogP contribution is 2.27. The predicted octanol–water partition coefficient (Wildman–Crippen LogP) is 2.74. The van der Waals surface area contributed by atoms with Crippen LogP contribution in [0, 0.1) is 25.6 Å². The summed E-state index contributed by atoms with van der Waals surface area (Å²) in [6.45, 7) is 7.52. The molecule has 1 aromatic carbocycles. The Morgan fingerprint density at radius 1 is 1.30 bits per heavy atom. The van der Waals surface area contributed by atoms with Crippen molar-refractivity contribution in [2.75, 3.05) is 12.3 Å². The van der Waals surface area contributed by atoms with Gasteiger partial charge < -0.3 is 5.73 Å². The molecule has 0 saturated carbocycles. The molecule has 0 aromatic heterocycles. The maximum Gasteiger partial charge on any atom is 0.241 e. The van der Waals surface area contributed by atoms with Gasteiger partial charge in [0.1, 0.15) is 5.82 Å². The monoisotopic (exact) mass is 302 g/mol. The van der Waals surface area contributed by atoms with Gasteiger partial charge in [0.25, 0.3) is 0 Å². The summed E-state index contributed by atoms with van der Waals surface area (Å²) < 4.78 is 40.9. The summed E-state index contributed by atoms with van der Waals surface area (Å²) in [6.07, 6.45) is 1.81. The van der Waals surface area contributed by atoms with Crippen molar-refractivity contribution in [3.8, 4) is 0 Å². The van der Waals surface area contributed by atoms with Crippen LogP contribution in [0.25, 0.3) is 0 Å². The number of nitrogens with one attached hydrogen (secondary N) is 1. The van der Waals surface area contributed by atoms with Crippen LogP contribution >= 0.6 is 0 Å². The SMILES string of the molecule is CCC(CC)CNS(=O)(=O)c1c(C)cc(F)c(N)c1C. The van der Waals surface area contributed by atoms with Gasteiger partial charge in [0.15, 0.2) is 0 Å². The van der Waals surface area contributed by atoms with Gasteiger partial charge in [-0.2, -0.15) is 0 Å². The first-order valence-electron chi connectivity index (χ1n) is 6.79. The average Bonchev–Trinajstić information content (AvgIpc) is 2.37. The van der Waals surface area contributed by atoms with Gasteiger partial charge >= 0.3 is 0 Å². The van der Waals surface area contributed by atoms with Crippen LogP contribution in [0.3, 0.4) is 0 Å². The summed E-state index contributed by atoms with van der Waals surface area (Å²) in [6, 6.07) is 1.16. The molecular formula is C14H23FN2O2S. The smallest absolute Gasteiger partial charge is 0.241 e. The minimum atomic E-state index is -3.67. The molecule has 0 unspecified atom stereocenters. The molecule has 0 saturated heterocycles. The van der Waals surface area contributed by atoms with Crippen LogP contribution in [0.2, 0.25) is 0 Å². The van der Waals surface area contributed by atoms with E-state index in [1.807, 2.05) is 13.8 Å². The Morgan fingerprint density at radius 2 is 1.85 bits per heavy atom. The summed E-state index contributed by atoms with van der Waals surface area (Å²) in [5.41, 5.74) is 6.11. The zero-order chi connectivity index (χ0) is 15.5. The van der Waals surface area contributed by atoms with Crippen molar-refractivity contribution >= 4 is 15.7 Å². The molecule has 4 nitrogen and oxygen atoms in total. The third-order valence-electron chi connectivity index (χ3n) is 3.69. The molecule has 0 amide bonds. The van der Waals surface area contributed by atoms with Crippen molar-refractivity contribution in [1.82, 2.24) is 4.72 Å². The third kappa shape index (κ3) is 3.49. The molecule has 0 aliphatic heterocycles. The second kappa shape index (κ2) is 6.54. The Hall–Kier alpha value is -1.14. The number of hydrogen-bond donors (Lipinski definition) is 2. The van der Waals surface area contributed by atoms with E-state index in [1.54, 1.807) is 6.92 Å².